The molecule has 1 heterocycles. The van der Waals surface area contributed by atoms with Gasteiger partial charge in [0.1, 0.15) is 12.4 Å². The largest absolute Gasteiger partial charge is 0.453 e. The van der Waals surface area contributed by atoms with Gasteiger partial charge >= 0.3 is 5.97 Å². The first-order valence-corrected chi connectivity index (χ1v) is 8.89. The summed E-state index contributed by atoms with van der Waals surface area (Å²) in [6, 6.07) is 4.90. The standard InChI is InChI=1S/C20H18FNO5/c1-10(18(24)11-4-6-14(21)7-5-11)27-15(23)9-22-19(25)16-12-2-3-13(8-12)17(16)20(22)26/h2-7,10,12-13,16-17H,8-9H2,1H3/t10-,12-,13-,16-,17-/m0/s1. The van der Waals surface area contributed by atoms with Gasteiger partial charge in [-0.25, -0.2) is 4.39 Å². The molecule has 5 atom stereocenters. The quantitative estimate of drug-likeness (QED) is 0.341. The van der Waals surface area contributed by atoms with Gasteiger partial charge in [0.05, 0.1) is 11.8 Å². The minimum absolute atomic E-state index is 0.0662. The van der Waals surface area contributed by atoms with Gasteiger partial charge < -0.3 is 4.74 Å². The predicted octanol–water partition coefficient (Wildman–Crippen LogP) is 1.75. The van der Waals surface area contributed by atoms with Crippen molar-refractivity contribution < 1.29 is 28.3 Å². The molecule has 0 radical (unpaired) electrons. The van der Waals surface area contributed by atoms with E-state index in [1.54, 1.807) is 0 Å². The van der Waals surface area contributed by atoms with E-state index in [9.17, 15) is 23.6 Å². The third kappa shape index (κ3) is 2.87. The van der Waals surface area contributed by atoms with Gasteiger partial charge in [0.2, 0.25) is 17.6 Å². The van der Waals surface area contributed by atoms with Crippen molar-refractivity contribution in [3.05, 3.63) is 47.8 Å². The molecule has 2 fully saturated rings. The Labute approximate surface area is 155 Å². The number of ether oxygens (including phenoxy) is 1. The second-order valence-electron chi connectivity index (χ2n) is 7.27. The van der Waals surface area contributed by atoms with Crippen molar-refractivity contribution in [1.29, 1.82) is 0 Å². The van der Waals surface area contributed by atoms with Crippen LogP contribution in [0.1, 0.15) is 23.7 Å². The van der Waals surface area contributed by atoms with Gasteiger partial charge in [-0.05, 0) is 49.4 Å². The smallest absolute Gasteiger partial charge is 0.326 e. The normalized spacial score (nSPS) is 29.2. The third-order valence-electron chi connectivity index (χ3n) is 5.66. The highest BCUT2D eigenvalue weighted by Gasteiger charge is 2.59. The summed E-state index contributed by atoms with van der Waals surface area (Å²) in [5.41, 5.74) is 0.210. The van der Waals surface area contributed by atoms with Crippen molar-refractivity contribution in [1.82, 2.24) is 4.90 Å². The van der Waals surface area contributed by atoms with Crippen LogP contribution in [0.2, 0.25) is 0 Å². The van der Waals surface area contributed by atoms with Crippen LogP contribution in [0.15, 0.2) is 36.4 Å². The molecule has 1 aromatic rings. The third-order valence-corrected chi connectivity index (χ3v) is 5.66. The molecule has 7 heteroatoms. The molecule has 1 saturated carbocycles. The average Bonchev–Trinajstić information content (AvgIpc) is 3.32. The Morgan fingerprint density at radius 1 is 1.11 bits per heavy atom. The topological polar surface area (TPSA) is 80.8 Å². The Morgan fingerprint density at radius 3 is 2.22 bits per heavy atom. The van der Waals surface area contributed by atoms with Crippen molar-refractivity contribution >= 4 is 23.6 Å². The summed E-state index contributed by atoms with van der Waals surface area (Å²) >= 11 is 0. The highest BCUT2D eigenvalue weighted by molar-refractivity contribution is 6.08. The van der Waals surface area contributed by atoms with Crippen molar-refractivity contribution in [3.63, 3.8) is 0 Å². The summed E-state index contributed by atoms with van der Waals surface area (Å²) in [5, 5.41) is 0. The minimum atomic E-state index is -1.10. The lowest BCUT2D eigenvalue weighted by atomic mass is 9.85. The average molecular weight is 371 g/mol. The van der Waals surface area contributed by atoms with Crippen LogP contribution in [0, 0.1) is 29.5 Å². The zero-order valence-electron chi connectivity index (χ0n) is 14.6. The van der Waals surface area contributed by atoms with Gasteiger partial charge in [0, 0.05) is 5.56 Å². The first kappa shape index (κ1) is 17.6. The Kier molecular flexibility index (Phi) is 4.17. The number of rotatable bonds is 5. The number of fused-ring (bicyclic) bond motifs is 5. The molecular weight excluding hydrogens is 353 g/mol. The van der Waals surface area contributed by atoms with Crippen LogP contribution in [-0.4, -0.2) is 41.1 Å². The summed E-state index contributed by atoms with van der Waals surface area (Å²) in [7, 11) is 0. The van der Waals surface area contributed by atoms with E-state index in [-0.39, 0.29) is 41.0 Å². The van der Waals surface area contributed by atoms with Gasteiger partial charge in [0.25, 0.3) is 0 Å². The lowest BCUT2D eigenvalue weighted by Gasteiger charge is -2.18. The fraction of sp³-hybridized carbons (Fsp3) is 0.400. The highest BCUT2D eigenvalue weighted by Crippen LogP contribution is 2.52. The van der Waals surface area contributed by atoms with E-state index in [2.05, 4.69) is 0 Å². The number of hydrogen-bond acceptors (Lipinski definition) is 5. The Bertz CT molecular complexity index is 832. The molecule has 1 saturated heterocycles. The molecule has 4 rings (SSSR count). The van der Waals surface area contributed by atoms with Gasteiger partial charge in [-0.15, -0.1) is 0 Å². The number of hydrogen-bond donors (Lipinski definition) is 0. The summed E-state index contributed by atoms with van der Waals surface area (Å²) in [6.07, 6.45) is 3.66. The van der Waals surface area contributed by atoms with Gasteiger partial charge in [-0.3, -0.25) is 24.1 Å². The molecule has 2 aliphatic carbocycles. The van der Waals surface area contributed by atoms with Crippen molar-refractivity contribution in [2.24, 2.45) is 23.7 Å². The van der Waals surface area contributed by atoms with Crippen LogP contribution < -0.4 is 0 Å². The van der Waals surface area contributed by atoms with Gasteiger partial charge in [-0.1, -0.05) is 12.2 Å². The number of carbonyl (C=O) groups is 4. The van der Waals surface area contributed by atoms with Crippen molar-refractivity contribution in [3.8, 4) is 0 Å². The molecule has 27 heavy (non-hydrogen) atoms. The first-order valence-electron chi connectivity index (χ1n) is 8.89. The van der Waals surface area contributed by atoms with Gasteiger partial charge in [0.15, 0.2) is 6.10 Å². The summed E-state index contributed by atoms with van der Waals surface area (Å²) in [4.78, 5) is 50.5. The molecule has 0 aromatic heterocycles. The van der Waals surface area contributed by atoms with Crippen LogP contribution >= 0.6 is 0 Å². The number of nitrogens with zero attached hydrogens (tertiary/aromatic N) is 1. The Morgan fingerprint density at radius 2 is 1.67 bits per heavy atom. The fourth-order valence-electron chi connectivity index (χ4n) is 4.39. The Balaban J connectivity index is 1.38. The number of Topliss-reactive ketones (excluding diaryl/α,β-unsaturated/α-hetero) is 1. The monoisotopic (exact) mass is 371 g/mol. The van der Waals surface area contributed by atoms with Crippen LogP contribution in [0.5, 0.6) is 0 Å². The molecule has 0 unspecified atom stereocenters. The lowest BCUT2D eigenvalue weighted by Crippen LogP contribution is -2.39. The van der Waals surface area contributed by atoms with E-state index >= 15 is 0 Å². The number of carbonyl (C=O) groups excluding carboxylic acids is 4. The van der Waals surface area contributed by atoms with E-state index in [1.807, 2.05) is 12.2 Å². The molecule has 0 N–H and O–H groups in total. The SMILES string of the molecule is C[C@H](OC(=O)CN1C(=O)[C@@H]2[C@@H](C1=O)[C@H]1C=C[C@H]2C1)C(=O)c1ccc(F)cc1. The molecular formula is C20H18FNO5. The number of allylic oxidation sites excluding steroid dienone is 2. The van der Waals surface area contributed by atoms with E-state index < -0.39 is 30.2 Å². The molecule has 6 nitrogen and oxygen atoms in total. The summed E-state index contributed by atoms with van der Waals surface area (Å²) in [6.45, 7) is 0.904. The summed E-state index contributed by atoms with van der Waals surface area (Å²) < 4.78 is 18.1. The molecule has 3 aliphatic rings. The molecule has 0 spiro atoms. The number of halogens is 1. The van der Waals surface area contributed by atoms with Crippen LogP contribution in [0.4, 0.5) is 4.39 Å². The van der Waals surface area contributed by atoms with E-state index in [1.165, 1.54) is 19.1 Å². The van der Waals surface area contributed by atoms with Crippen LogP contribution in [-0.2, 0) is 19.1 Å². The zero-order valence-corrected chi connectivity index (χ0v) is 14.6. The number of esters is 1. The summed E-state index contributed by atoms with van der Waals surface area (Å²) in [5.74, 6) is -3.07. The highest BCUT2D eigenvalue weighted by atomic mass is 19.1. The number of ketones is 1. The number of likely N-dealkylation sites (tertiary alicyclic amines) is 1. The lowest BCUT2D eigenvalue weighted by molar-refractivity contribution is -0.155. The zero-order chi connectivity index (χ0) is 19.3. The predicted molar refractivity (Wildman–Crippen MR) is 90.7 cm³/mol. The Hall–Kier alpha value is -2.83. The maximum absolute atomic E-state index is 12.9. The molecule has 140 valence electrons. The van der Waals surface area contributed by atoms with Crippen molar-refractivity contribution in [2.75, 3.05) is 6.54 Å². The molecule has 1 aliphatic heterocycles. The van der Waals surface area contributed by atoms with Gasteiger partial charge in [-0.2, -0.15) is 0 Å². The first-order chi connectivity index (χ1) is 12.9. The van der Waals surface area contributed by atoms with E-state index in [0.29, 0.717) is 0 Å². The van der Waals surface area contributed by atoms with E-state index in [0.717, 1.165) is 23.5 Å². The number of amides is 2. The number of benzene rings is 1. The van der Waals surface area contributed by atoms with Crippen molar-refractivity contribution in [2.45, 2.75) is 19.4 Å². The van der Waals surface area contributed by atoms with E-state index in [4.69, 9.17) is 4.74 Å². The molecule has 2 bridgehead atoms. The van der Waals surface area contributed by atoms with Crippen LogP contribution in [0.25, 0.3) is 0 Å². The fourth-order valence-corrected chi connectivity index (χ4v) is 4.39. The second-order valence-corrected chi connectivity index (χ2v) is 7.27. The maximum Gasteiger partial charge on any atom is 0.326 e. The second kappa shape index (κ2) is 6.40. The number of imide groups is 1. The minimum Gasteiger partial charge on any atom is -0.453 e. The molecule has 2 amide bonds. The van der Waals surface area contributed by atoms with Crippen LogP contribution in [0.3, 0.4) is 0 Å². The molecule has 1 aromatic carbocycles. The maximum atomic E-state index is 12.9.